The van der Waals surface area contributed by atoms with Crippen molar-refractivity contribution in [3.05, 3.63) is 59.3 Å². The Balaban J connectivity index is 1.37. The number of thiazole rings is 1. The molecule has 3 aromatic rings. The Hall–Kier alpha value is -3.41. The van der Waals surface area contributed by atoms with Crippen molar-refractivity contribution in [1.82, 2.24) is 15.2 Å². The highest BCUT2D eigenvalue weighted by Gasteiger charge is 2.28. The molecule has 0 radical (unpaired) electrons. The summed E-state index contributed by atoms with van der Waals surface area (Å²) in [6, 6.07) is 14.2. The molecule has 1 aliphatic heterocycles. The number of hydrogen-bond acceptors (Lipinski definition) is 6. The van der Waals surface area contributed by atoms with Crippen LogP contribution in [0, 0.1) is 11.3 Å². The van der Waals surface area contributed by atoms with Gasteiger partial charge in [-0.2, -0.15) is 5.26 Å². The zero-order valence-corrected chi connectivity index (χ0v) is 20.7. The van der Waals surface area contributed by atoms with Gasteiger partial charge in [-0.15, -0.1) is 11.3 Å². The topological polar surface area (TPSA) is 87.5 Å². The first-order valence-electron chi connectivity index (χ1n) is 12.0. The summed E-state index contributed by atoms with van der Waals surface area (Å²) < 4.78 is 11.1. The first-order chi connectivity index (χ1) is 17.0. The van der Waals surface area contributed by atoms with Crippen LogP contribution in [0.3, 0.4) is 0 Å². The summed E-state index contributed by atoms with van der Waals surface area (Å²) in [5.74, 6) is 0.592. The van der Waals surface area contributed by atoms with Gasteiger partial charge in [0.25, 0.3) is 0 Å². The van der Waals surface area contributed by atoms with Crippen molar-refractivity contribution in [2.45, 2.75) is 38.8 Å². The molecule has 35 heavy (non-hydrogen) atoms. The van der Waals surface area contributed by atoms with E-state index in [1.807, 2.05) is 43.1 Å². The number of nitriles is 1. The SMILES string of the molecule is CC(C)Oc1ccc(-c2ncc(-c3cccc4c3CC[C@@H]4NC(=O)N3CCOCC3)s2)cc1C#N. The lowest BCUT2D eigenvalue weighted by Crippen LogP contribution is -2.46. The van der Waals surface area contributed by atoms with Gasteiger partial charge in [0.2, 0.25) is 0 Å². The van der Waals surface area contributed by atoms with Gasteiger partial charge in [0.05, 0.1) is 35.8 Å². The minimum atomic E-state index is -0.0187. The van der Waals surface area contributed by atoms with E-state index in [4.69, 9.17) is 9.47 Å². The summed E-state index contributed by atoms with van der Waals surface area (Å²) >= 11 is 1.61. The average molecular weight is 489 g/mol. The number of morpholine rings is 1. The number of ether oxygens (including phenoxy) is 2. The van der Waals surface area contributed by atoms with E-state index in [0.29, 0.717) is 37.6 Å². The molecule has 1 saturated heterocycles. The number of hydrogen-bond donors (Lipinski definition) is 1. The summed E-state index contributed by atoms with van der Waals surface area (Å²) in [6.45, 7) is 6.34. The predicted molar refractivity (Wildman–Crippen MR) is 135 cm³/mol. The van der Waals surface area contributed by atoms with E-state index in [1.165, 1.54) is 11.1 Å². The van der Waals surface area contributed by atoms with Crippen molar-refractivity contribution in [2.24, 2.45) is 0 Å². The first-order valence-corrected chi connectivity index (χ1v) is 12.8. The van der Waals surface area contributed by atoms with E-state index in [-0.39, 0.29) is 18.2 Å². The van der Waals surface area contributed by atoms with Gasteiger partial charge in [0.15, 0.2) is 0 Å². The molecule has 0 bridgehead atoms. The molecule has 0 unspecified atom stereocenters. The van der Waals surface area contributed by atoms with E-state index < -0.39 is 0 Å². The Morgan fingerprint density at radius 2 is 2.11 bits per heavy atom. The highest BCUT2D eigenvalue weighted by atomic mass is 32.1. The van der Waals surface area contributed by atoms with Crippen LogP contribution in [0.25, 0.3) is 21.0 Å². The Kier molecular flexibility index (Phi) is 6.71. The van der Waals surface area contributed by atoms with E-state index >= 15 is 0 Å². The van der Waals surface area contributed by atoms with Crippen molar-refractivity contribution >= 4 is 17.4 Å². The fourth-order valence-electron chi connectivity index (χ4n) is 4.68. The quantitative estimate of drug-likeness (QED) is 0.536. The van der Waals surface area contributed by atoms with Crippen LogP contribution in [0.4, 0.5) is 4.79 Å². The summed E-state index contributed by atoms with van der Waals surface area (Å²) in [5.41, 5.74) is 5.02. The Bertz CT molecular complexity index is 1270. The highest BCUT2D eigenvalue weighted by Crippen LogP contribution is 2.41. The second kappa shape index (κ2) is 10.1. The fourth-order valence-corrected chi connectivity index (χ4v) is 5.65. The Labute approximate surface area is 209 Å². The smallest absolute Gasteiger partial charge is 0.318 e. The van der Waals surface area contributed by atoms with Gasteiger partial charge in [-0.25, -0.2) is 9.78 Å². The second-order valence-electron chi connectivity index (χ2n) is 9.03. The molecule has 0 spiro atoms. The monoisotopic (exact) mass is 488 g/mol. The third-order valence-electron chi connectivity index (χ3n) is 6.35. The zero-order chi connectivity index (χ0) is 24.4. The van der Waals surface area contributed by atoms with E-state index in [1.54, 1.807) is 11.3 Å². The van der Waals surface area contributed by atoms with Crippen LogP contribution in [-0.2, 0) is 11.2 Å². The molecule has 1 fully saturated rings. The van der Waals surface area contributed by atoms with Gasteiger partial charge in [0, 0.05) is 24.8 Å². The third-order valence-corrected chi connectivity index (χ3v) is 7.43. The molecule has 8 heteroatoms. The van der Waals surface area contributed by atoms with Crippen LogP contribution >= 0.6 is 11.3 Å². The molecule has 1 aromatic heterocycles. The van der Waals surface area contributed by atoms with Crippen molar-refractivity contribution in [1.29, 1.82) is 5.26 Å². The largest absolute Gasteiger partial charge is 0.490 e. The number of nitrogens with zero attached hydrogens (tertiary/aromatic N) is 3. The van der Waals surface area contributed by atoms with Crippen molar-refractivity contribution in [3.8, 4) is 32.8 Å². The Morgan fingerprint density at radius 3 is 2.89 bits per heavy atom. The number of carbonyl (C=O) groups excluding carboxylic acids is 1. The van der Waals surface area contributed by atoms with Gasteiger partial charge in [0.1, 0.15) is 16.8 Å². The maximum Gasteiger partial charge on any atom is 0.318 e. The van der Waals surface area contributed by atoms with Crippen LogP contribution in [0.15, 0.2) is 42.6 Å². The van der Waals surface area contributed by atoms with Crippen molar-refractivity contribution in [3.63, 3.8) is 0 Å². The number of carbonyl (C=O) groups is 1. The zero-order valence-electron chi connectivity index (χ0n) is 19.9. The average Bonchev–Trinajstić information content (AvgIpc) is 3.52. The maximum atomic E-state index is 12.7. The van der Waals surface area contributed by atoms with Crippen LogP contribution in [0.2, 0.25) is 0 Å². The fraction of sp³-hybridized carbons (Fsp3) is 0.370. The van der Waals surface area contributed by atoms with Gasteiger partial charge >= 0.3 is 6.03 Å². The lowest BCUT2D eigenvalue weighted by molar-refractivity contribution is 0.0525. The van der Waals surface area contributed by atoms with Gasteiger partial charge in [-0.05, 0) is 61.6 Å². The predicted octanol–water partition coefficient (Wildman–Crippen LogP) is 5.17. The molecule has 2 amide bonds. The van der Waals surface area contributed by atoms with Crippen LogP contribution in [-0.4, -0.2) is 48.3 Å². The molecule has 180 valence electrons. The number of benzene rings is 2. The molecule has 2 aliphatic rings. The van der Waals surface area contributed by atoms with Crippen molar-refractivity contribution < 1.29 is 14.3 Å². The number of amides is 2. The van der Waals surface area contributed by atoms with Gasteiger partial charge in [-0.3, -0.25) is 0 Å². The highest BCUT2D eigenvalue weighted by molar-refractivity contribution is 7.18. The number of fused-ring (bicyclic) bond motifs is 1. The number of aromatic nitrogens is 1. The summed E-state index contributed by atoms with van der Waals surface area (Å²) in [4.78, 5) is 20.3. The van der Waals surface area contributed by atoms with Crippen LogP contribution in [0.5, 0.6) is 5.75 Å². The van der Waals surface area contributed by atoms with Crippen molar-refractivity contribution in [2.75, 3.05) is 26.3 Å². The Morgan fingerprint density at radius 1 is 1.29 bits per heavy atom. The molecule has 2 aromatic carbocycles. The normalized spacial score (nSPS) is 17.2. The van der Waals surface area contributed by atoms with E-state index in [2.05, 4.69) is 34.6 Å². The van der Waals surface area contributed by atoms with E-state index in [9.17, 15) is 10.1 Å². The number of urea groups is 1. The molecule has 7 nitrogen and oxygen atoms in total. The summed E-state index contributed by atoms with van der Waals surface area (Å²) in [6.07, 6.45) is 3.70. The standard InChI is InChI=1S/C27H28N4O3S/c1-17(2)34-24-9-6-18(14-19(24)15-28)26-29-16-25(35-26)22-5-3-4-21-20(22)7-8-23(21)30-27(32)31-10-12-33-13-11-31/h3-6,9,14,16-17,23H,7-8,10-13H2,1-2H3,(H,30,32)/t23-/m0/s1. The van der Waals surface area contributed by atoms with E-state index in [0.717, 1.165) is 33.9 Å². The molecule has 5 rings (SSSR count). The molecular weight excluding hydrogens is 460 g/mol. The van der Waals surface area contributed by atoms with Crippen LogP contribution < -0.4 is 10.1 Å². The molecule has 0 saturated carbocycles. The molecule has 1 N–H and O–H groups in total. The molecular formula is C27H28N4O3S. The van der Waals surface area contributed by atoms with Crippen LogP contribution in [0.1, 0.15) is 43.0 Å². The summed E-state index contributed by atoms with van der Waals surface area (Å²) in [5, 5.41) is 13.7. The minimum absolute atomic E-state index is 0.00192. The molecule has 1 aliphatic carbocycles. The van der Waals surface area contributed by atoms with Gasteiger partial charge in [-0.1, -0.05) is 18.2 Å². The number of rotatable bonds is 5. The molecule has 2 heterocycles. The molecule has 1 atom stereocenters. The maximum absolute atomic E-state index is 12.7. The first kappa shape index (κ1) is 23.3. The summed E-state index contributed by atoms with van der Waals surface area (Å²) in [7, 11) is 0. The number of nitrogens with one attached hydrogen (secondary N) is 1. The van der Waals surface area contributed by atoms with Gasteiger partial charge < -0.3 is 19.7 Å². The second-order valence-corrected chi connectivity index (χ2v) is 10.1. The lowest BCUT2D eigenvalue weighted by Gasteiger charge is -2.28. The third kappa shape index (κ3) is 4.88. The lowest BCUT2D eigenvalue weighted by atomic mass is 10.0. The minimum Gasteiger partial charge on any atom is -0.490 e.